The average molecular weight is 277 g/mol. The van der Waals surface area contributed by atoms with Gasteiger partial charge in [-0.15, -0.1) is 12.4 Å². The summed E-state index contributed by atoms with van der Waals surface area (Å²) in [6.45, 7) is 5.69. The quantitative estimate of drug-likeness (QED) is 0.851. The summed E-state index contributed by atoms with van der Waals surface area (Å²) in [6, 6.07) is 0.337. The number of rotatable bonds is 3. The molecule has 2 rings (SSSR count). The molecule has 1 N–H and O–H groups in total. The smallest absolute Gasteiger partial charge is 0.222 e. The van der Waals surface area contributed by atoms with E-state index < -0.39 is 0 Å². The van der Waals surface area contributed by atoms with Crippen LogP contribution in [0.3, 0.4) is 0 Å². The van der Waals surface area contributed by atoms with Crippen molar-refractivity contribution in [1.29, 1.82) is 0 Å². The predicted molar refractivity (Wildman–Crippen MR) is 74.1 cm³/mol. The van der Waals surface area contributed by atoms with Crippen molar-refractivity contribution in [3.05, 3.63) is 0 Å². The second-order valence-electron chi connectivity index (χ2n) is 5.17. The van der Waals surface area contributed by atoms with E-state index in [1.165, 1.54) is 12.8 Å². The van der Waals surface area contributed by atoms with Crippen molar-refractivity contribution in [3.8, 4) is 0 Å². The minimum atomic E-state index is 0. The van der Waals surface area contributed by atoms with Crippen molar-refractivity contribution in [2.45, 2.75) is 51.2 Å². The van der Waals surface area contributed by atoms with Crippen LogP contribution in [0, 0.1) is 0 Å². The van der Waals surface area contributed by atoms with Gasteiger partial charge in [-0.05, 0) is 32.6 Å². The molecule has 2 aliphatic rings. The maximum absolute atomic E-state index is 12.1. The van der Waals surface area contributed by atoms with Crippen molar-refractivity contribution in [2.75, 3.05) is 26.2 Å². The highest BCUT2D eigenvalue weighted by molar-refractivity contribution is 5.85. The summed E-state index contributed by atoms with van der Waals surface area (Å²) in [6.07, 6.45) is 5.43. The zero-order chi connectivity index (χ0) is 12.1. The Labute approximate surface area is 116 Å². The molecule has 0 spiro atoms. The van der Waals surface area contributed by atoms with Gasteiger partial charge in [0.1, 0.15) is 0 Å². The van der Waals surface area contributed by atoms with Crippen LogP contribution in [-0.2, 0) is 9.53 Å². The third-order valence-corrected chi connectivity index (χ3v) is 3.78. The maximum atomic E-state index is 12.1. The number of carbonyl (C=O) groups is 1. The van der Waals surface area contributed by atoms with Gasteiger partial charge in [-0.25, -0.2) is 0 Å². The predicted octanol–water partition coefficient (Wildman–Crippen LogP) is 1.58. The fraction of sp³-hybridized carbons (Fsp3) is 0.923. The minimum Gasteiger partial charge on any atom is -0.378 e. The second kappa shape index (κ2) is 7.97. The highest BCUT2D eigenvalue weighted by Gasteiger charge is 2.24. The molecule has 4 nitrogen and oxygen atoms in total. The van der Waals surface area contributed by atoms with Crippen molar-refractivity contribution in [1.82, 2.24) is 10.2 Å². The van der Waals surface area contributed by atoms with E-state index in [0.29, 0.717) is 24.5 Å². The van der Waals surface area contributed by atoms with E-state index >= 15 is 0 Å². The van der Waals surface area contributed by atoms with Crippen LogP contribution < -0.4 is 5.32 Å². The van der Waals surface area contributed by atoms with Gasteiger partial charge >= 0.3 is 0 Å². The van der Waals surface area contributed by atoms with Crippen LogP contribution in [-0.4, -0.2) is 49.2 Å². The number of hydrogen-bond donors (Lipinski definition) is 1. The number of ether oxygens (including phenoxy) is 1. The largest absolute Gasteiger partial charge is 0.378 e. The number of piperazine rings is 1. The summed E-state index contributed by atoms with van der Waals surface area (Å²) in [5.74, 6) is 0.299. The van der Waals surface area contributed by atoms with Crippen molar-refractivity contribution < 1.29 is 9.53 Å². The van der Waals surface area contributed by atoms with Gasteiger partial charge in [-0.2, -0.15) is 0 Å². The topological polar surface area (TPSA) is 41.6 Å². The van der Waals surface area contributed by atoms with Gasteiger partial charge in [0, 0.05) is 38.7 Å². The summed E-state index contributed by atoms with van der Waals surface area (Å²) < 4.78 is 5.66. The van der Waals surface area contributed by atoms with Gasteiger partial charge in [-0.1, -0.05) is 0 Å². The molecule has 0 radical (unpaired) electrons. The molecular formula is C13H25ClN2O2. The summed E-state index contributed by atoms with van der Waals surface area (Å²) >= 11 is 0. The Hall–Kier alpha value is -0.320. The Balaban J connectivity index is 0.00000162. The molecule has 0 aromatic heterocycles. The van der Waals surface area contributed by atoms with Gasteiger partial charge < -0.3 is 15.0 Å². The van der Waals surface area contributed by atoms with Crippen LogP contribution in [0.4, 0.5) is 0 Å². The summed E-state index contributed by atoms with van der Waals surface area (Å²) in [5, 5.41) is 3.31. The van der Waals surface area contributed by atoms with Crippen LogP contribution in [0.5, 0.6) is 0 Å². The first-order valence-corrected chi connectivity index (χ1v) is 6.89. The van der Waals surface area contributed by atoms with E-state index in [4.69, 9.17) is 4.74 Å². The molecule has 2 saturated heterocycles. The van der Waals surface area contributed by atoms with Gasteiger partial charge in [-0.3, -0.25) is 4.79 Å². The Kier molecular flexibility index (Phi) is 6.97. The molecular weight excluding hydrogens is 252 g/mol. The lowest BCUT2D eigenvalue weighted by molar-refractivity contribution is -0.135. The van der Waals surface area contributed by atoms with E-state index in [0.717, 1.165) is 39.1 Å². The first kappa shape index (κ1) is 15.7. The SMILES string of the molecule is CC1CNCCN1C(=O)CCC1CCCCO1.Cl. The fourth-order valence-corrected chi connectivity index (χ4v) is 2.67. The highest BCUT2D eigenvalue weighted by Crippen LogP contribution is 2.18. The molecule has 18 heavy (non-hydrogen) atoms. The lowest BCUT2D eigenvalue weighted by Crippen LogP contribution is -2.52. The third-order valence-electron chi connectivity index (χ3n) is 3.78. The Bertz CT molecular complexity index is 257. The highest BCUT2D eigenvalue weighted by atomic mass is 35.5. The van der Waals surface area contributed by atoms with E-state index in [1.807, 2.05) is 4.90 Å². The molecule has 2 fully saturated rings. The van der Waals surface area contributed by atoms with Crippen LogP contribution in [0.2, 0.25) is 0 Å². The monoisotopic (exact) mass is 276 g/mol. The van der Waals surface area contributed by atoms with Crippen molar-refractivity contribution in [2.24, 2.45) is 0 Å². The van der Waals surface area contributed by atoms with Crippen molar-refractivity contribution in [3.63, 3.8) is 0 Å². The zero-order valence-electron chi connectivity index (χ0n) is 11.2. The first-order chi connectivity index (χ1) is 8.27. The third kappa shape index (κ3) is 4.41. The number of nitrogens with zero attached hydrogens (tertiary/aromatic N) is 1. The second-order valence-corrected chi connectivity index (χ2v) is 5.17. The summed E-state index contributed by atoms with van der Waals surface area (Å²) in [5.41, 5.74) is 0. The molecule has 2 unspecified atom stereocenters. The molecule has 0 aliphatic carbocycles. The molecule has 0 aromatic rings. The number of amides is 1. The Morgan fingerprint density at radius 3 is 2.94 bits per heavy atom. The molecule has 106 valence electrons. The van der Waals surface area contributed by atoms with E-state index in [9.17, 15) is 4.79 Å². The van der Waals surface area contributed by atoms with Crippen molar-refractivity contribution >= 4 is 18.3 Å². The summed E-state index contributed by atoms with van der Waals surface area (Å²) in [4.78, 5) is 14.1. The molecule has 0 bridgehead atoms. The molecule has 2 atom stereocenters. The van der Waals surface area contributed by atoms with E-state index in [1.54, 1.807) is 0 Å². The van der Waals surface area contributed by atoms with E-state index in [-0.39, 0.29) is 12.4 Å². The molecule has 0 saturated carbocycles. The Morgan fingerprint density at radius 1 is 1.44 bits per heavy atom. The fourth-order valence-electron chi connectivity index (χ4n) is 2.67. The normalized spacial score (nSPS) is 28.6. The van der Waals surface area contributed by atoms with Crippen LogP contribution in [0.1, 0.15) is 39.0 Å². The van der Waals surface area contributed by atoms with E-state index in [2.05, 4.69) is 12.2 Å². The number of nitrogens with one attached hydrogen (secondary N) is 1. The molecule has 0 aromatic carbocycles. The first-order valence-electron chi connectivity index (χ1n) is 6.89. The summed E-state index contributed by atoms with van der Waals surface area (Å²) in [7, 11) is 0. The number of carbonyl (C=O) groups excluding carboxylic acids is 1. The van der Waals surface area contributed by atoms with Gasteiger partial charge in [0.05, 0.1) is 6.10 Å². The minimum absolute atomic E-state index is 0. The molecule has 2 aliphatic heterocycles. The Morgan fingerprint density at radius 2 is 2.28 bits per heavy atom. The molecule has 2 heterocycles. The number of halogens is 1. The standard InChI is InChI=1S/C13H24N2O2.ClH/c1-11-10-14-7-8-15(11)13(16)6-5-12-4-2-3-9-17-12;/h11-12,14H,2-10H2,1H3;1H. The molecule has 5 heteroatoms. The molecule has 1 amide bonds. The zero-order valence-corrected chi connectivity index (χ0v) is 12.0. The van der Waals surface area contributed by atoms with Gasteiger partial charge in [0.25, 0.3) is 0 Å². The average Bonchev–Trinajstić information content (AvgIpc) is 2.38. The lowest BCUT2D eigenvalue weighted by atomic mass is 10.0. The lowest BCUT2D eigenvalue weighted by Gasteiger charge is -2.34. The van der Waals surface area contributed by atoms with Gasteiger partial charge in [0.2, 0.25) is 5.91 Å². The van der Waals surface area contributed by atoms with Crippen LogP contribution in [0.15, 0.2) is 0 Å². The van der Waals surface area contributed by atoms with Crippen LogP contribution >= 0.6 is 12.4 Å². The number of hydrogen-bond acceptors (Lipinski definition) is 3. The van der Waals surface area contributed by atoms with Crippen LogP contribution in [0.25, 0.3) is 0 Å². The maximum Gasteiger partial charge on any atom is 0.222 e. The van der Waals surface area contributed by atoms with Gasteiger partial charge in [0.15, 0.2) is 0 Å².